The molecule has 1 aliphatic carbocycles. The number of nitrogens with zero attached hydrogens (tertiary/aromatic N) is 2. The zero-order chi connectivity index (χ0) is 21.2. The lowest BCUT2D eigenvalue weighted by atomic mass is 9.67. The monoisotopic (exact) mass is 544 g/mol. The van der Waals surface area contributed by atoms with E-state index >= 15 is 0 Å². The Balaban J connectivity index is 0.00000341. The van der Waals surface area contributed by atoms with E-state index in [-0.39, 0.29) is 24.0 Å². The van der Waals surface area contributed by atoms with Crippen LogP contribution < -0.4 is 15.4 Å². The minimum Gasteiger partial charge on any atom is -0.497 e. The highest BCUT2D eigenvalue weighted by Gasteiger charge is 2.36. The first-order valence-electron chi connectivity index (χ1n) is 11.4. The van der Waals surface area contributed by atoms with Crippen molar-refractivity contribution in [3.63, 3.8) is 0 Å². The molecule has 176 valence electrons. The van der Waals surface area contributed by atoms with E-state index < -0.39 is 0 Å². The van der Waals surface area contributed by atoms with Crippen LogP contribution in [0.5, 0.6) is 5.75 Å². The predicted octanol–water partition coefficient (Wildman–Crippen LogP) is 3.90. The standard InChI is InChI=1S/C24H40N4O2.HI/c1-25-23(27-19-24(11-4-12-24)13-16-29-2)26-17-20-9-14-28(15-10-20)18-21-5-7-22(30-3)8-6-21;/h5-8,20H,4,9-19H2,1-3H3,(H2,25,26,27);1H. The van der Waals surface area contributed by atoms with Crippen molar-refractivity contribution in [2.75, 3.05) is 54.1 Å². The fraction of sp³-hybridized carbons (Fsp3) is 0.708. The van der Waals surface area contributed by atoms with Gasteiger partial charge in [0, 0.05) is 40.4 Å². The Bertz CT molecular complexity index is 656. The first-order chi connectivity index (χ1) is 14.7. The summed E-state index contributed by atoms with van der Waals surface area (Å²) in [4.78, 5) is 7.00. The molecule has 2 N–H and O–H groups in total. The van der Waals surface area contributed by atoms with Gasteiger partial charge in [-0.15, -0.1) is 24.0 Å². The maximum Gasteiger partial charge on any atom is 0.191 e. The molecule has 0 unspecified atom stereocenters. The number of halogens is 1. The van der Waals surface area contributed by atoms with Gasteiger partial charge >= 0.3 is 0 Å². The molecule has 6 nitrogen and oxygen atoms in total. The third-order valence-corrected chi connectivity index (χ3v) is 6.94. The minimum absolute atomic E-state index is 0. The van der Waals surface area contributed by atoms with Crippen molar-refractivity contribution >= 4 is 29.9 Å². The summed E-state index contributed by atoms with van der Waals surface area (Å²) >= 11 is 0. The van der Waals surface area contributed by atoms with Gasteiger partial charge in [0.25, 0.3) is 0 Å². The largest absolute Gasteiger partial charge is 0.497 e. The summed E-state index contributed by atoms with van der Waals surface area (Å²) in [6, 6.07) is 8.44. The fourth-order valence-corrected chi connectivity index (χ4v) is 4.58. The highest BCUT2D eigenvalue weighted by atomic mass is 127. The molecule has 3 rings (SSSR count). The molecule has 0 radical (unpaired) electrons. The molecule has 1 saturated carbocycles. The zero-order valence-electron chi connectivity index (χ0n) is 19.5. The number of methoxy groups -OCH3 is 2. The number of aliphatic imine (C=N–C) groups is 1. The molecule has 1 heterocycles. The zero-order valence-corrected chi connectivity index (χ0v) is 21.8. The average molecular weight is 545 g/mol. The van der Waals surface area contributed by atoms with Crippen LogP contribution in [-0.2, 0) is 11.3 Å². The predicted molar refractivity (Wildman–Crippen MR) is 139 cm³/mol. The van der Waals surface area contributed by atoms with Gasteiger partial charge in [-0.05, 0) is 74.2 Å². The number of rotatable bonds is 10. The maximum absolute atomic E-state index is 5.31. The van der Waals surface area contributed by atoms with E-state index in [1.165, 1.54) is 37.7 Å². The number of hydrogen-bond donors (Lipinski definition) is 2. The molecule has 0 atom stereocenters. The first-order valence-corrected chi connectivity index (χ1v) is 11.4. The van der Waals surface area contributed by atoms with E-state index in [1.54, 1.807) is 14.2 Å². The number of ether oxygens (including phenoxy) is 2. The van der Waals surface area contributed by atoms with Crippen molar-refractivity contribution in [3.8, 4) is 5.75 Å². The van der Waals surface area contributed by atoms with Crippen LogP contribution in [0.4, 0.5) is 0 Å². The van der Waals surface area contributed by atoms with Gasteiger partial charge < -0.3 is 20.1 Å². The van der Waals surface area contributed by atoms with Gasteiger partial charge in [-0.25, -0.2) is 0 Å². The molecule has 0 amide bonds. The SMILES string of the molecule is CN=C(NCC1CCN(Cc2ccc(OC)cc2)CC1)NCC1(CCOC)CCC1.I. The van der Waals surface area contributed by atoms with E-state index in [2.05, 4.69) is 32.7 Å². The molecule has 1 saturated heterocycles. The van der Waals surface area contributed by atoms with Crippen LogP contribution >= 0.6 is 24.0 Å². The lowest BCUT2D eigenvalue weighted by Gasteiger charge is -2.42. The van der Waals surface area contributed by atoms with Crippen molar-refractivity contribution in [1.82, 2.24) is 15.5 Å². The summed E-state index contributed by atoms with van der Waals surface area (Å²) in [7, 11) is 5.38. The molecule has 0 aromatic heterocycles. The molecule has 2 fully saturated rings. The number of guanidine groups is 1. The smallest absolute Gasteiger partial charge is 0.191 e. The number of nitrogens with one attached hydrogen (secondary N) is 2. The topological polar surface area (TPSA) is 58.1 Å². The normalized spacial score (nSPS) is 19.3. The van der Waals surface area contributed by atoms with Gasteiger partial charge in [0.2, 0.25) is 0 Å². The Morgan fingerprint density at radius 3 is 2.39 bits per heavy atom. The molecular formula is C24H41IN4O2. The molecule has 2 aliphatic rings. The van der Waals surface area contributed by atoms with Crippen molar-refractivity contribution < 1.29 is 9.47 Å². The second kappa shape index (κ2) is 13.5. The van der Waals surface area contributed by atoms with Gasteiger partial charge in [-0.1, -0.05) is 18.6 Å². The van der Waals surface area contributed by atoms with Crippen molar-refractivity contribution in [1.29, 1.82) is 0 Å². The summed E-state index contributed by atoms with van der Waals surface area (Å²) in [5.41, 5.74) is 1.76. The number of benzene rings is 1. The third-order valence-electron chi connectivity index (χ3n) is 6.94. The highest BCUT2D eigenvalue weighted by Crippen LogP contribution is 2.43. The van der Waals surface area contributed by atoms with Gasteiger partial charge in [-0.3, -0.25) is 9.89 Å². The van der Waals surface area contributed by atoms with Crippen LogP contribution in [0, 0.1) is 11.3 Å². The minimum atomic E-state index is 0. The van der Waals surface area contributed by atoms with E-state index in [0.717, 1.165) is 57.5 Å². The second-order valence-electron chi connectivity index (χ2n) is 8.97. The second-order valence-corrected chi connectivity index (χ2v) is 8.97. The number of piperidine rings is 1. The first kappa shape index (κ1) is 26.2. The van der Waals surface area contributed by atoms with E-state index in [9.17, 15) is 0 Å². The Morgan fingerprint density at radius 2 is 1.84 bits per heavy atom. The third kappa shape index (κ3) is 8.09. The van der Waals surface area contributed by atoms with Gasteiger partial charge in [0.15, 0.2) is 5.96 Å². The van der Waals surface area contributed by atoms with Crippen LogP contribution in [0.1, 0.15) is 44.1 Å². The summed E-state index contributed by atoms with van der Waals surface area (Å²) in [6.45, 7) is 6.19. The lowest BCUT2D eigenvalue weighted by molar-refractivity contribution is 0.0732. The van der Waals surface area contributed by atoms with Gasteiger partial charge in [-0.2, -0.15) is 0 Å². The molecule has 1 aliphatic heterocycles. The van der Waals surface area contributed by atoms with Gasteiger partial charge in [0.1, 0.15) is 5.75 Å². The average Bonchev–Trinajstić information content (AvgIpc) is 2.76. The fourth-order valence-electron chi connectivity index (χ4n) is 4.58. The molecule has 31 heavy (non-hydrogen) atoms. The Labute approximate surface area is 205 Å². The summed E-state index contributed by atoms with van der Waals surface area (Å²) < 4.78 is 10.6. The van der Waals surface area contributed by atoms with Crippen LogP contribution in [0.2, 0.25) is 0 Å². The summed E-state index contributed by atoms with van der Waals surface area (Å²) in [5, 5.41) is 7.14. The van der Waals surface area contributed by atoms with Crippen molar-refractivity contribution in [2.24, 2.45) is 16.3 Å². The quantitative estimate of drug-likeness (QED) is 0.266. The van der Waals surface area contributed by atoms with Crippen molar-refractivity contribution in [3.05, 3.63) is 29.8 Å². The molecule has 1 aromatic rings. The van der Waals surface area contributed by atoms with E-state index in [0.29, 0.717) is 11.3 Å². The Hall–Kier alpha value is -1.06. The van der Waals surface area contributed by atoms with E-state index in [1.807, 2.05) is 19.2 Å². The van der Waals surface area contributed by atoms with Crippen LogP contribution in [0.3, 0.4) is 0 Å². The maximum atomic E-state index is 5.31. The van der Waals surface area contributed by atoms with Crippen LogP contribution in [-0.4, -0.2) is 64.9 Å². The Morgan fingerprint density at radius 1 is 1.13 bits per heavy atom. The van der Waals surface area contributed by atoms with Gasteiger partial charge in [0.05, 0.1) is 7.11 Å². The lowest BCUT2D eigenvalue weighted by Crippen LogP contribution is -2.48. The molecule has 0 spiro atoms. The molecule has 0 bridgehead atoms. The molecular weight excluding hydrogens is 503 g/mol. The number of likely N-dealkylation sites (tertiary alicyclic amines) is 1. The van der Waals surface area contributed by atoms with Crippen molar-refractivity contribution in [2.45, 2.75) is 45.1 Å². The molecule has 1 aromatic carbocycles. The summed E-state index contributed by atoms with van der Waals surface area (Å²) in [5.74, 6) is 2.58. The molecule has 7 heteroatoms. The van der Waals surface area contributed by atoms with Crippen LogP contribution in [0.15, 0.2) is 29.3 Å². The summed E-state index contributed by atoms with van der Waals surface area (Å²) in [6.07, 6.45) is 7.54. The Kier molecular flexibility index (Phi) is 11.4. The highest BCUT2D eigenvalue weighted by molar-refractivity contribution is 14.0. The number of hydrogen-bond acceptors (Lipinski definition) is 4. The van der Waals surface area contributed by atoms with Crippen LogP contribution in [0.25, 0.3) is 0 Å². The van der Waals surface area contributed by atoms with E-state index in [4.69, 9.17) is 9.47 Å².